The second-order valence-electron chi connectivity index (χ2n) is 3.08. The van der Waals surface area contributed by atoms with E-state index in [1.807, 2.05) is 0 Å². The van der Waals surface area contributed by atoms with Gasteiger partial charge in [0.25, 0.3) is 0 Å². The molecule has 0 radical (unpaired) electrons. The van der Waals surface area contributed by atoms with Crippen LogP contribution in [0.3, 0.4) is 0 Å². The van der Waals surface area contributed by atoms with E-state index in [0.717, 1.165) is 0 Å². The quantitative estimate of drug-likeness (QED) is 0.704. The van der Waals surface area contributed by atoms with Crippen LogP contribution in [0.5, 0.6) is 0 Å². The molecule has 82 valence electrons. The average molecular weight is 229 g/mol. The summed E-state index contributed by atoms with van der Waals surface area (Å²) in [5.74, 6) is 0.207. The van der Waals surface area contributed by atoms with E-state index in [4.69, 9.17) is 15.6 Å². The summed E-state index contributed by atoms with van der Waals surface area (Å²) in [5, 5.41) is 8.74. The summed E-state index contributed by atoms with van der Waals surface area (Å²) < 4.78 is 6.70. The number of aromatic nitrogens is 2. The number of aliphatic hydroxyl groups is 1. The Morgan fingerprint density at radius 2 is 2.60 bits per heavy atom. The molecule has 15 heavy (non-hydrogen) atoms. The molecule has 1 aliphatic rings. The number of ether oxygens (including phenoxy) is 1. The van der Waals surface area contributed by atoms with Crippen LogP contribution in [0.2, 0.25) is 0 Å². The summed E-state index contributed by atoms with van der Waals surface area (Å²) in [7, 11) is 0. The van der Waals surface area contributed by atoms with Crippen molar-refractivity contribution in [2.75, 3.05) is 18.9 Å². The molecule has 1 aromatic heterocycles. The van der Waals surface area contributed by atoms with E-state index in [2.05, 4.69) is 4.98 Å². The Labute approximate surface area is 90.1 Å². The largest absolute Gasteiger partial charge is 0.393 e. The highest BCUT2D eigenvalue weighted by atomic mass is 32.2. The molecule has 2 atom stereocenters. The Kier molecular flexibility index (Phi) is 2.94. The maximum absolute atomic E-state index is 11.5. The summed E-state index contributed by atoms with van der Waals surface area (Å²) in [6.07, 6.45) is 1.59. The van der Waals surface area contributed by atoms with Gasteiger partial charge in [-0.05, 0) is 6.07 Å². The number of anilines is 1. The van der Waals surface area contributed by atoms with Crippen molar-refractivity contribution < 1.29 is 9.84 Å². The smallest absolute Gasteiger partial charge is 0.350 e. The van der Waals surface area contributed by atoms with Gasteiger partial charge in [0.1, 0.15) is 16.6 Å². The normalized spacial score (nSPS) is 25.7. The number of hydrogen-bond acceptors (Lipinski definition) is 6. The first-order valence-corrected chi connectivity index (χ1v) is 5.37. The fourth-order valence-corrected chi connectivity index (χ4v) is 2.37. The number of nitrogens with two attached hydrogens (primary N) is 1. The Morgan fingerprint density at radius 1 is 1.80 bits per heavy atom. The molecule has 2 rings (SSSR count). The molecule has 1 aromatic rings. The number of thioether (sulfide) groups is 1. The minimum Gasteiger partial charge on any atom is -0.393 e. The first-order chi connectivity index (χ1) is 7.20. The predicted molar refractivity (Wildman–Crippen MR) is 56.4 cm³/mol. The third-order valence-electron chi connectivity index (χ3n) is 2.04. The topological polar surface area (TPSA) is 90.4 Å². The zero-order valence-electron chi connectivity index (χ0n) is 7.87. The van der Waals surface area contributed by atoms with Crippen LogP contribution < -0.4 is 11.4 Å². The summed E-state index contributed by atoms with van der Waals surface area (Å²) in [6, 6.07) is 1.56. The molecular formula is C8H11N3O3S. The third-order valence-corrected chi connectivity index (χ3v) is 3.31. The molecule has 7 heteroatoms. The van der Waals surface area contributed by atoms with Crippen LogP contribution in [0.25, 0.3) is 0 Å². The number of hydrogen-bond donors (Lipinski definition) is 2. The van der Waals surface area contributed by atoms with Gasteiger partial charge < -0.3 is 15.6 Å². The summed E-state index contributed by atoms with van der Waals surface area (Å²) in [6.45, 7) is 0.333. The van der Waals surface area contributed by atoms with Crippen molar-refractivity contribution in [3.63, 3.8) is 0 Å². The van der Waals surface area contributed by atoms with Gasteiger partial charge in [0, 0.05) is 6.20 Å². The first-order valence-electron chi connectivity index (χ1n) is 4.43. The number of nitrogen functional groups attached to an aromatic ring is 1. The number of rotatable bonds is 2. The van der Waals surface area contributed by atoms with E-state index in [1.54, 1.807) is 12.3 Å². The van der Waals surface area contributed by atoms with E-state index in [-0.39, 0.29) is 23.2 Å². The molecule has 0 aliphatic carbocycles. The van der Waals surface area contributed by atoms with Crippen molar-refractivity contribution in [3.8, 4) is 0 Å². The second-order valence-corrected chi connectivity index (χ2v) is 4.42. The minimum absolute atomic E-state index is 0.0572. The van der Waals surface area contributed by atoms with Crippen LogP contribution >= 0.6 is 11.8 Å². The molecule has 0 unspecified atom stereocenters. The van der Waals surface area contributed by atoms with Gasteiger partial charge in [0.2, 0.25) is 0 Å². The zero-order valence-corrected chi connectivity index (χ0v) is 8.68. The third kappa shape index (κ3) is 2.14. The lowest BCUT2D eigenvalue weighted by Gasteiger charge is -2.10. The van der Waals surface area contributed by atoms with Crippen molar-refractivity contribution in [1.29, 1.82) is 0 Å². The highest BCUT2D eigenvalue weighted by Gasteiger charge is 2.27. The van der Waals surface area contributed by atoms with Gasteiger partial charge >= 0.3 is 5.69 Å². The Morgan fingerprint density at radius 3 is 3.20 bits per heavy atom. The van der Waals surface area contributed by atoms with Gasteiger partial charge in [-0.1, -0.05) is 0 Å². The van der Waals surface area contributed by atoms with Crippen molar-refractivity contribution in [2.24, 2.45) is 0 Å². The van der Waals surface area contributed by atoms with Crippen molar-refractivity contribution in [1.82, 2.24) is 9.55 Å². The van der Waals surface area contributed by atoms with E-state index < -0.39 is 5.69 Å². The molecule has 0 amide bonds. The zero-order chi connectivity index (χ0) is 10.8. The summed E-state index contributed by atoms with van der Waals surface area (Å²) in [5.41, 5.74) is 4.72. The maximum atomic E-state index is 11.5. The molecule has 0 aromatic carbocycles. The minimum atomic E-state index is -0.394. The maximum Gasteiger partial charge on any atom is 0.350 e. The predicted octanol–water partition coefficient (Wildman–Crippen LogP) is -0.594. The SMILES string of the molecule is Nc1ccn([C@H]2CO[C@H](CO)S2)c(=O)n1. The fourth-order valence-electron chi connectivity index (χ4n) is 1.33. The first kappa shape index (κ1) is 10.5. The van der Waals surface area contributed by atoms with E-state index in [0.29, 0.717) is 6.61 Å². The van der Waals surface area contributed by atoms with Crippen LogP contribution in [-0.4, -0.2) is 33.3 Å². The molecule has 6 nitrogen and oxygen atoms in total. The highest BCUT2D eigenvalue weighted by molar-refractivity contribution is 8.00. The molecule has 1 aliphatic heterocycles. The fraction of sp³-hybridized carbons (Fsp3) is 0.500. The van der Waals surface area contributed by atoms with Gasteiger partial charge in [-0.3, -0.25) is 4.57 Å². The van der Waals surface area contributed by atoms with Gasteiger partial charge in [-0.2, -0.15) is 4.98 Å². The molecule has 2 heterocycles. The lowest BCUT2D eigenvalue weighted by Crippen LogP contribution is -2.26. The second kappa shape index (κ2) is 4.21. The van der Waals surface area contributed by atoms with Crippen molar-refractivity contribution in [2.45, 2.75) is 10.8 Å². The van der Waals surface area contributed by atoms with E-state index in [9.17, 15) is 4.79 Å². The van der Waals surface area contributed by atoms with Crippen LogP contribution in [0.1, 0.15) is 5.37 Å². The molecule has 0 saturated carbocycles. The molecular weight excluding hydrogens is 218 g/mol. The van der Waals surface area contributed by atoms with Gasteiger partial charge in [-0.25, -0.2) is 4.79 Å². The van der Waals surface area contributed by atoms with E-state index >= 15 is 0 Å². The van der Waals surface area contributed by atoms with Crippen molar-refractivity contribution >= 4 is 17.6 Å². The summed E-state index contributed by atoms with van der Waals surface area (Å²) >= 11 is 1.39. The molecule has 1 saturated heterocycles. The number of aliphatic hydroxyl groups excluding tert-OH is 1. The monoisotopic (exact) mass is 229 g/mol. The summed E-state index contributed by atoms with van der Waals surface area (Å²) in [4.78, 5) is 15.1. The van der Waals surface area contributed by atoms with Crippen LogP contribution in [0, 0.1) is 0 Å². The Hall–Kier alpha value is -1.05. The molecule has 1 fully saturated rings. The average Bonchev–Trinajstić information content (AvgIpc) is 2.66. The van der Waals surface area contributed by atoms with Crippen LogP contribution in [-0.2, 0) is 4.74 Å². The van der Waals surface area contributed by atoms with E-state index in [1.165, 1.54) is 16.3 Å². The van der Waals surface area contributed by atoms with Crippen LogP contribution in [0.4, 0.5) is 5.82 Å². The van der Waals surface area contributed by atoms with Gasteiger partial charge in [-0.15, -0.1) is 11.8 Å². The lowest BCUT2D eigenvalue weighted by atomic mass is 10.5. The molecule has 3 N–H and O–H groups in total. The van der Waals surface area contributed by atoms with Crippen LogP contribution in [0.15, 0.2) is 17.1 Å². The Balaban J connectivity index is 2.20. The number of nitrogens with zero attached hydrogens (tertiary/aromatic N) is 2. The standard InChI is InChI=1S/C8H11N3O3S/c9-5-1-2-11(8(13)10-5)6-4-14-7(3-12)15-6/h1-2,6-7,12H,3-4H2,(H2,9,10,13)/t6-,7+/m1/s1. The molecule has 0 bridgehead atoms. The lowest BCUT2D eigenvalue weighted by molar-refractivity contribution is 0.0803. The van der Waals surface area contributed by atoms with Crippen molar-refractivity contribution in [3.05, 3.63) is 22.7 Å². The molecule has 0 spiro atoms. The van der Waals surface area contributed by atoms with Gasteiger partial charge in [0.15, 0.2) is 0 Å². The van der Waals surface area contributed by atoms with Gasteiger partial charge in [0.05, 0.1) is 13.2 Å². The Bertz CT molecular complexity index is 408. The highest BCUT2D eigenvalue weighted by Crippen LogP contribution is 2.34.